The highest BCUT2D eigenvalue weighted by Crippen LogP contribution is 2.42. The van der Waals surface area contributed by atoms with E-state index in [1.54, 1.807) is 14.2 Å². The normalized spacial score (nSPS) is 20.6. The summed E-state index contributed by atoms with van der Waals surface area (Å²) in [5, 5.41) is 21.8. The van der Waals surface area contributed by atoms with E-state index < -0.39 is 41.4 Å². The number of aliphatic hydroxyl groups excluding tert-OH is 2. The molecule has 2 heterocycles. The first-order valence-corrected chi connectivity index (χ1v) is 13.1. The predicted octanol–water partition coefficient (Wildman–Crippen LogP) is 2.49. The minimum atomic E-state index is -1.44. The molecule has 1 aliphatic rings. The van der Waals surface area contributed by atoms with Crippen molar-refractivity contribution in [3.63, 3.8) is 0 Å². The average molecular weight is 561 g/mol. The minimum Gasteiger partial charge on any atom is -0.497 e. The minimum absolute atomic E-state index is 0.154. The molecule has 5 rings (SSSR count). The number of aryl methyl sites for hydroxylation is 1. The van der Waals surface area contributed by atoms with E-state index in [2.05, 4.69) is 4.98 Å². The number of nitrogens with zero attached hydrogens (tertiary/aromatic N) is 1. The van der Waals surface area contributed by atoms with Crippen molar-refractivity contribution in [1.29, 1.82) is 0 Å². The zero-order chi connectivity index (χ0) is 29.1. The molecule has 4 aromatic rings. The Labute approximate surface area is 236 Å². The lowest BCUT2D eigenvalue weighted by atomic mass is 9.80. The lowest BCUT2D eigenvalue weighted by Gasteiger charge is -2.37. The number of ether oxygens (including phenoxy) is 4. The van der Waals surface area contributed by atoms with Crippen molar-refractivity contribution in [3.8, 4) is 11.5 Å². The summed E-state index contributed by atoms with van der Waals surface area (Å²) in [6, 6.07) is 24.6. The smallest absolute Gasteiger partial charge is 0.330 e. The second-order valence-corrected chi connectivity index (χ2v) is 9.84. The van der Waals surface area contributed by atoms with Gasteiger partial charge in [-0.15, -0.1) is 0 Å². The molecule has 1 fully saturated rings. The van der Waals surface area contributed by atoms with Crippen LogP contribution in [-0.4, -0.2) is 58.9 Å². The molecular weight excluding hydrogens is 528 g/mol. The SMILES string of the molecule is COc1ccc(C(OC[C@H]2O[C@@H](n3cc(C)c(=O)[nH]c3=O)C(O)C2O)(c2ccccc2)c2ccc(OC)cc2)cc1. The molecule has 214 valence electrons. The summed E-state index contributed by atoms with van der Waals surface area (Å²) in [5.41, 5.74) is 0.180. The summed E-state index contributed by atoms with van der Waals surface area (Å²) in [5.74, 6) is 1.35. The number of nitrogens with one attached hydrogen (secondary N) is 1. The van der Waals surface area contributed by atoms with Crippen molar-refractivity contribution < 1.29 is 29.2 Å². The average Bonchev–Trinajstić information content (AvgIpc) is 3.29. The van der Waals surface area contributed by atoms with Crippen molar-refractivity contribution in [2.24, 2.45) is 0 Å². The van der Waals surface area contributed by atoms with Gasteiger partial charge in [0.25, 0.3) is 5.56 Å². The van der Waals surface area contributed by atoms with E-state index in [-0.39, 0.29) is 12.2 Å². The molecule has 0 aliphatic carbocycles. The van der Waals surface area contributed by atoms with E-state index in [1.165, 1.54) is 13.1 Å². The van der Waals surface area contributed by atoms with Gasteiger partial charge in [0.2, 0.25) is 0 Å². The number of H-pyrrole nitrogens is 1. The first-order chi connectivity index (χ1) is 19.8. The third-order valence-corrected chi connectivity index (χ3v) is 7.39. The summed E-state index contributed by atoms with van der Waals surface area (Å²) in [7, 11) is 3.18. The van der Waals surface area contributed by atoms with Crippen LogP contribution >= 0.6 is 0 Å². The van der Waals surface area contributed by atoms with Gasteiger partial charge in [0.15, 0.2) is 6.23 Å². The van der Waals surface area contributed by atoms with Crippen LogP contribution in [0.15, 0.2) is 94.6 Å². The van der Waals surface area contributed by atoms with Gasteiger partial charge in [0.05, 0.1) is 20.8 Å². The van der Waals surface area contributed by atoms with Gasteiger partial charge in [-0.25, -0.2) is 4.79 Å². The Kier molecular flexibility index (Phi) is 8.09. The Balaban J connectivity index is 1.56. The maximum atomic E-state index is 12.5. The van der Waals surface area contributed by atoms with E-state index in [0.717, 1.165) is 21.3 Å². The van der Waals surface area contributed by atoms with E-state index in [4.69, 9.17) is 18.9 Å². The maximum Gasteiger partial charge on any atom is 0.330 e. The Morgan fingerprint density at radius 3 is 1.90 bits per heavy atom. The summed E-state index contributed by atoms with van der Waals surface area (Å²) in [6.45, 7) is 1.38. The molecule has 10 nitrogen and oxygen atoms in total. The maximum absolute atomic E-state index is 12.5. The molecule has 3 aromatic carbocycles. The first kappa shape index (κ1) is 28.3. The second-order valence-electron chi connectivity index (χ2n) is 9.84. The summed E-state index contributed by atoms with van der Waals surface area (Å²) in [4.78, 5) is 26.6. The Morgan fingerprint density at radius 1 is 0.829 bits per heavy atom. The molecule has 41 heavy (non-hydrogen) atoms. The Bertz CT molecular complexity index is 1530. The van der Waals surface area contributed by atoms with Gasteiger partial charge in [-0.1, -0.05) is 54.6 Å². The van der Waals surface area contributed by atoms with Gasteiger partial charge < -0.3 is 29.2 Å². The highest BCUT2D eigenvalue weighted by atomic mass is 16.6. The number of rotatable bonds is 9. The molecule has 10 heteroatoms. The number of aromatic nitrogens is 2. The predicted molar refractivity (Wildman–Crippen MR) is 150 cm³/mol. The third-order valence-electron chi connectivity index (χ3n) is 7.39. The highest BCUT2D eigenvalue weighted by Gasteiger charge is 2.46. The van der Waals surface area contributed by atoms with Crippen molar-refractivity contribution in [2.45, 2.75) is 37.1 Å². The molecule has 1 aliphatic heterocycles. The molecule has 4 atom stereocenters. The number of aromatic amines is 1. The van der Waals surface area contributed by atoms with E-state index in [1.807, 2.05) is 78.9 Å². The summed E-state index contributed by atoms with van der Waals surface area (Å²) < 4.78 is 24.6. The molecule has 0 spiro atoms. The van der Waals surface area contributed by atoms with Crippen LogP contribution in [0, 0.1) is 6.92 Å². The molecular formula is C31H32N2O8. The zero-order valence-corrected chi connectivity index (χ0v) is 22.9. The fourth-order valence-corrected chi connectivity index (χ4v) is 5.15. The number of hydrogen-bond donors (Lipinski definition) is 3. The summed E-state index contributed by atoms with van der Waals surface area (Å²) >= 11 is 0. The van der Waals surface area contributed by atoms with Crippen LogP contribution in [0.25, 0.3) is 0 Å². The number of benzene rings is 3. The first-order valence-electron chi connectivity index (χ1n) is 13.1. The monoisotopic (exact) mass is 560 g/mol. The molecule has 0 bridgehead atoms. The van der Waals surface area contributed by atoms with Crippen LogP contribution in [0.5, 0.6) is 11.5 Å². The van der Waals surface area contributed by atoms with Gasteiger partial charge in [-0.3, -0.25) is 14.3 Å². The molecule has 1 aromatic heterocycles. The Hall–Kier alpha value is -4.22. The summed E-state index contributed by atoms with van der Waals surface area (Å²) in [6.07, 6.45) is -3.75. The van der Waals surface area contributed by atoms with Crippen molar-refractivity contribution in [2.75, 3.05) is 20.8 Å². The topological polar surface area (TPSA) is 132 Å². The van der Waals surface area contributed by atoms with Gasteiger partial charge in [0, 0.05) is 11.8 Å². The van der Waals surface area contributed by atoms with Crippen molar-refractivity contribution >= 4 is 0 Å². The molecule has 0 saturated carbocycles. The van der Waals surface area contributed by atoms with Gasteiger partial charge in [-0.05, 0) is 47.9 Å². The Morgan fingerprint density at radius 2 is 1.37 bits per heavy atom. The van der Waals surface area contributed by atoms with E-state index >= 15 is 0 Å². The van der Waals surface area contributed by atoms with Crippen LogP contribution in [0.4, 0.5) is 0 Å². The fourth-order valence-electron chi connectivity index (χ4n) is 5.15. The largest absolute Gasteiger partial charge is 0.497 e. The van der Waals surface area contributed by atoms with Gasteiger partial charge >= 0.3 is 5.69 Å². The van der Waals surface area contributed by atoms with Crippen LogP contribution in [0.1, 0.15) is 28.5 Å². The van der Waals surface area contributed by atoms with Gasteiger partial charge in [-0.2, -0.15) is 0 Å². The molecule has 0 amide bonds. The van der Waals surface area contributed by atoms with E-state index in [0.29, 0.717) is 11.5 Å². The quantitative estimate of drug-likeness (QED) is 0.266. The molecule has 0 radical (unpaired) electrons. The molecule has 1 saturated heterocycles. The van der Waals surface area contributed by atoms with Crippen LogP contribution in [0.2, 0.25) is 0 Å². The lowest BCUT2D eigenvalue weighted by molar-refractivity contribution is -0.0959. The number of methoxy groups -OCH3 is 2. The molecule has 2 unspecified atom stereocenters. The number of hydrogen-bond acceptors (Lipinski definition) is 8. The van der Waals surface area contributed by atoms with Crippen LogP contribution in [-0.2, 0) is 15.1 Å². The van der Waals surface area contributed by atoms with E-state index in [9.17, 15) is 19.8 Å². The second kappa shape index (κ2) is 11.7. The van der Waals surface area contributed by atoms with Crippen molar-refractivity contribution in [3.05, 3.63) is 128 Å². The lowest BCUT2D eigenvalue weighted by Crippen LogP contribution is -2.40. The van der Waals surface area contributed by atoms with Crippen molar-refractivity contribution in [1.82, 2.24) is 9.55 Å². The third kappa shape index (κ3) is 5.30. The fraction of sp³-hybridized carbons (Fsp3) is 0.290. The zero-order valence-electron chi connectivity index (χ0n) is 22.9. The molecule has 3 N–H and O–H groups in total. The van der Waals surface area contributed by atoms with Gasteiger partial charge in [0.1, 0.15) is 35.4 Å². The van der Waals surface area contributed by atoms with Crippen LogP contribution in [0.3, 0.4) is 0 Å². The standard InChI is InChI=1S/C31H32N2O8/c1-19-17-33(30(37)32-28(19)36)29-27(35)26(34)25(41-29)18-40-31(20-7-5-4-6-8-20,21-9-13-23(38-2)14-10-21)22-11-15-24(39-3)16-12-22/h4-17,25-27,29,34-35H,18H2,1-3H3,(H,32,36,37)/t25-,26?,27?,29-/m1/s1. The number of aliphatic hydroxyl groups is 2. The highest BCUT2D eigenvalue weighted by molar-refractivity contribution is 5.49. The van der Waals surface area contributed by atoms with Crippen LogP contribution < -0.4 is 20.7 Å².